The van der Waals surface area contributed by atoms with Crippen LogP contribution in [0, 0.1) is 6.92 Å². The molecule has 6 heteroatoms. The highest BCUT2D eigenvalue weighted by atomic mass is 16.5. The molecule has 18 heavy (non-hydrogen) atoms. The molecular weight excluding hydrogens is 231 g/mol. The van der Waals surface area contributed by atoms with Crippen LogP contribution in [0.15, 0.2) is 17.1 Å². The van der Waals surface area contributed by atoms with Crippen molar-refractivity contribution in [2.75, 3.05) is 6.61 Å². The van der Waals surface area contributed by atoms with Gasteiger partial charge in [-0.2, -0.15) is 0 Å². The molecule has 0 unspecified atom stereocenters. The molecule has 0 saturated heterocycles. The van der Waals surface area contributed by atoms with Crippen LogP contribution in [0.1, 0.15) is 22.8 Å². The fourth-order valence-electron chi connectivity index (χ4n) is 1.74. The molecule has 0 aliphatic carbocycles. The van der Waals surface area contributed by atoms with Gasteiger partial charge in [0.05, 0.1) is 17.7 Å². The maximum absolute atomic E-state index is 11.9. The molecule has 90 valence electrons. The van der Waals surface area contributed by atoms with Crippen LogP contribution < -0.4 is 11.0 Å². The zero-order chi connectivity index (χ0) is 13.3. The summed E-state index contributed by atoms with van der Waals surface area (Å²) in [5.41, 5.74) is 1.36. The van der Waals surface area contributed by atoms with Crippen LogP contribution in [0.4, 0.5) is 0 Å². The van der Waals surface area contributed by atoms with Gasteiger partial charge in [0.25, 0.3) is 5.56 Å². The Morgan fingerprint density at radius 3 is 2.94 bits per heavy atom. The number of ether oxygens (including phenoxy) is 1. The molecule has 0 atom stereocenters. The lowest BCUT2D eigenvalue weighted by atomic mass is 9.97. The third-order valence-electron chi connectivity index (χ3n) is 2.59. The standard InChI is InChI=1S/C12H11BN2O3/c1-3-18-12(17)9-6(2)11(16)15-8-4-7(13)5-14-10(8)9/h4-5H,3H2,1-2H3,(H,15,16). The van der Waals surface area contributed by atoms with E-state index in [4.69, 9.17) is 12.6 Å². The number of aromatic amines is 1. The average Bonchev–Trinajstić information content (AvgIpc) is 2.31. The average molecular weight is 242 g/mol. The number of carbonyl (C=O) groups is 1. The first-order valence-electron chi connectivity index (χ1n) is 5.49. The number of nitrogens with zero attached hydrogens (tertiary/aromatic N) is 1. The van der Waals surface area contributed by atoms with Crippen LogP contribution in [0.25, 0.3) is 11.0 Å². The summed E-state index contributed by atoms with van der Waals surface area (Å²) in [7, 11) is 5.60. The van der Waals surface area contributed by atoms with Gasteiger partial charge in [-0.3, -0.25) is 9.78 Å². The molecule has 0 aliphatic rings. The Labute approximate surface area is 105 Å². The molecule has 0 aromatic carbocycles. The van der Waals surface area contributed by atoms with Crippen molar-refractivity contribution in [1.82, 2.24) is 9.97 Å². The maximum Gasteiger partial charge on any atom is 0.340 e. The smallest absolute Gasteiger partial charge is 0.340 e. The highest BCUT2D eigenvalue weighted by molar-refractivity contribution is 6.32. The van der Waals surface area contributed by atoms with E-state index in [-0.39, 0.29) is 17.7 Å². The summed E-state index contributed by atoms with van der Waals surface area (Å²) in [5, 5.41) is 0. The van der Waals surface area contributed by atoms with Crippen LogP contribution >= 0.6 is 0 Å². The number of hydrogen-bond acceptors (Lipinski definition) is 4. The third-order valence-corrected chi connectivity index (χ3v) is 2.59. The Bertz CT molecular complexity index is 679. The molecule has 2 aromatic heterocycles. The fourth-order valence-corrected chi connectivity index (χ4v) is 1.74. The second kappa shape index (κ2) is 4.64. The quantitative estimate of drug-likeness (QED) is 0.603. The molecular formula is C12H11BN2O3. The molecule has 0 fully saturated rings. The molecule has 0 saturated carbocycles. The van der Waals surface area contributed by atoms with Gasteiger partial charge in [-0.15, -0.1) is 0 Å². The molecule has 2 radical (unpaired) electrons. The molecule has 0 aliphatic heterocycles. The van der Waals surface area contributed by atoms with E-state index in [0.29, 0.717) is 22.1 Å². The Hall–Kier alpha value is -2.11. The summed E-state index contributed by atoms with van der Waals surface area (Å²) in [6, 6.07) is 1.56. The van der Waals surface area contributed by atoms with Gasteiger partial charge in [-0.05, 0) is 19.9 Å². The monoisotopic (exact) mass is 242 g/mol. The number of carbonyl (C=O) groups excluding carboxylic acids is 1. The van der Waals surface area contributed by atoms with Crippen molar-refractivity contribution >= 4 is 30.3 Å². The Morgan fingerprint density at radius 1 is 1.56 bits per heavy atom. The van der Waals surface area contributed by atoms with Crippen molar-refractivity contribution in [2.45, 2.75) is 13.8 Å². The normalized spacial score (nSPS) is 10.6. The number of aromatic nitrogens is 2. The summed E-state index contributed by atoms with van der Waals surface area (Å²) in [6.07, 6.45) is 1.43. The number of esters is 1. The van der Waals surface area contributed by atoms with Gasteiger partial charge in [0.2, 0.25) is 0 Å². The predicted molar refractivity (Wildman–Crippen MR) is 68.4 cm³/mol. The Balaban J connectivity index is 2.80. The fraction of sp³-hybridized carbons (Fsp3) is 0.250. The van der Waals surface area contributed by atoms with E-state index >= 15 is 0 Å². The van der Waals surface area contributed by atoms with Gasteiger partial charge in [0.1, 0.15) is 13.4 Å². The molecule has 2 rings (SSSR count). The van der Waals surface area contributed by atoms with E-state index in [2.05, 4.69) is 9.97 Å². The van der Waals surface area contributed by atoms with Crippen molar-refractivity contribution < 1.29 is 9.53 Å². The summed E-state index contributed by atoms with van der Waals surface area (Å²) < 4.78 is 4.94. The first kappa shape index (κ1) is 12.4. The Kier molecular flexibility index (Phi) is 3.18. The number of pyridine rings is 2. The van der Waals surface area contributed by atoms with Crippen LogP contribution in [0.5, 0.6) is 0 Å². The number of H-pyrrole nitrogens is 1. The first-order chi connectivity index (χ1) is 8.54. The second-order valence-corrected chi connectivity index (χ2v) is 3.84. The minimum absolute atomic E-state index is 0.190. The topological polar surface area (TPSA) is 72.0 Å². The third kappa shape index (κ3) is 2.01. The van der Waals surface area contributed by atoms with E-state index in [1.807, 2.05) is 0 Å². The van der Waals surface area contributed by atoms with Crippen molar-refractivity contribution in [3.05, 3.63) is 33.7 Å². The molecule has 1 N–H and O–H groups in total. The minimum atomic E-state index is -0.552. The van der Waals surface area contributed by atoms with E-state index in [1.165, 1.54) is 6.20 Å². The largest absolute Gasteiger partial charge is 0.462 e. The Morgan fingerprint density at radius 2 is 2.28 bits per heavy atom. The van der Waals surface area contributed by atoms with Gasteiger partial charge in [0, 0.05) is 11.8 Å². The number of rotatable bonds is 2. The number of fused-ring (bicyclic) bond motifs is 1. The van der Waals surface area contributed by atoms with Gasteiger partial charge >= 0.3 is 5.97 Å². The SMILES string of the molecule is [B]c1cnc2c(C(=O)OCC)c(C)c(=O)[nH]c2c1. The summed E-state index contributed by atoms with van der Waals surface area (Å²) >= 11 is 0. The zero-order valence-corrected chi connectivity index (χ0v) is 10.1. The molecule has 0 amide bonds. The van der Waals surface area contributed by atoms with Gasteiger partial charge in [-0.1, -0.05) is 5.46 Å². The van der Waals surface area contributed by atoms with Gasteiger partial charge in [0.15, 0.2) is 0 Å². The summed E-state index contributed by atoms with van der Waals surface area (Å²) in [6.45, 7) is 3.50. The van der Waals surface area contributed by atoms with Crippen LogP contribution in [-0.2, 0) is 4.74 Å². The zero-order valence-electron chi connectivity index (χ0n) is 10.1. The van der Waals surface area contributed by atoms with Gasteiger partial charge in [-0.25, -0.2) is 4.79 Å². The van der Waals surface area contributed by atoms with Crippen LogP contribution in [-0.4, -0.2) is 30.4 Å². The molecule has 0 spiro atoms. The van der Waals surface area contributed by atoms with Gasteiger partial charge < -0.3 is 9.72 Å². The summed E-state index contributed by atoms with van der Waals surface area (Å²) in [5.74, 6) is -0.552. The van der Waals surface area contributed by atoms with Crippen molar-refractivity contribution in [3.8, 4) is 0 Å². The lowest BCUT2D eigenvalue weighted by molar-refractivity contribution is 0.0527. The van der Waals surface area contributed by atoms with E-state index in [1.54, 1.807) is 19.9 Å². The summed E-state index contributed by atoms with van der Waals surface area (Å²) in [4.78, 5) is 30.3. The van der Waals surface area contributed by atoms with E-state index < -0.39 is 5.97 Å². The lowest BCUT2D eigenvalue weighted by Crippen LogP contribution is -2.19. The second-order valence-electron chi connectivity index (χ2n) is 3.84. The van der Waals surface area contributed by atoms with Crippen molar-refractivity contribution in [3.63, 3.8) is 0 Å². The van der Waals surface area contributed by atoms with Crippen molar-refractivity contribution in [2.24, 2.45) is 0 Å². The van der Waals surface area contributed by atoms with Crippen LogP contribution in [0.3, 0.4) is 0 Å². The molecule has 2 heterocycles. The minimum Gasteiger partial charge on any atom is -0.462 e. The van der Waals surface area contributed by atoms with Crippen molar-refractivity contribution in [1.29, 1.82) is 0 Å². The highest BCUT2D eigenvalue weighted by Gasteiger charge is 2.18. The highest BCUT2D eigenvalue weighted by Crippen LogP contribution is 2.15. The predicted octanol–water partition coefficient (Wildman–Crippen LogP) is 0.202. The van der Waals surface area contributed by atoms with Crippen LogP contribution in [0.2, 0.25) is 0 Å². The first-order valence-corrected chi connectivity index (χ1v) is 5.49. The lowest BCUT2D eigenvalue weighted by Gasteiger charge is -2.08. The molecule has 2 aromatic rings. The van der Waals surface area contributed by atoms with E-state index in [0.717, 1.165) is 0 Å². The maximum atomic E-state index is 11.9. The number of nitrogens with one attached hydrogen (secondary N) is 1. The molecule has 5 nitrogen and oxygen atoms in total. The molecule has 0 bridgehead atoms. The number of hydrogen-bond donors (Lipinski definition) is 1. The van der Waals surface area contributed by atoms with E-state index in [9.17, 15) is 9.59 Å².